The number of anilines is 1. The third kappa shape index (κ3) is 5.80. The number of aliphatic carboxylic acids is 1. The zero-order valence-corrected chi connectivity index (χ0v) is 25.2. The first-order chi connectivity index (χ1) is 20.7. The van der Waals surface area contributed by atoms with E-state index in [-0.39, 0.29) is 11.9 Å². The normalized spacial score (nSPS) is 18.8. The van der Waals surface area contributed by atoms with Crippen molar-refractivity contribution in [3.8, 4) is 11.5 Å². The number of carboxylic acids is 1. The van der Waals surface area contributed by atoms with Crippen molar-refractivity contribution in [2.24, 2.45) is 0 Å². The molecule has 2 unspecified atom stereocenters. The first-order valence-corrected chi connectivity index (χ1v) is 14.8. The molecule has 2 heterocycles. The Balaban J connectivity index is 1.22. The molecule has 4 aromatic rings. The summed E-state index contributed by atoms with van der Waals surface area (Å²) in [6.07, 6.45) is -0.487. The topological polar surface area (TPSA) is 79.3 Å². The highest BCUT2D eigenvalue weighted by Gasteiger charge is 2.38. The highest BCUT2D eigenvalue weighted by Crippen LogP contribution is 2.43. The minimum Gasteiger partial charge on any atom is -0.489 e. The minimum atomic E-state index is -0.865. The number of hydrogen-bond acceptors (Lipinski definition) is 5. The van der Waals surface area contributed by atoms with Crippen LogP contribution in [0, 0.1) is 0 Å². The minimum absolute atomic E-state index is 0.0955. The Hall–Kier alpha value is -4.04. The van der Waals surface area contributed by atoms with Crippen molar-refractivity contribution in [2.75, 3.05) is 11.9 Å². The Morgan fingerprint density at radius 3 is 2.44 bits per heavy atom. The number of carbonyl (C=O) groups excluding carboxylic acids is 1. The van der Waals surface area contributed by atoms with Crippen LogP contribution in [0.5, 0.6) is 11.5 Å². The molecular weight excluding hydrogens is 587 g/mol. The number of rotatable bonds is 7. The first-order valence-electron chi connectivity index (χ1n) is 14.0. The lowest BCUT2D eigenvalue weighted by Crippen LogP contribution is -2.47. The molecule has 2 aliphatic rings. The molecule has 3 atom stereocenters. The molecule has 1 N–H and O–H groups in total. The summed E-state index contributed by atoms with van der Waals surface area (Å²) in [5.41, 5.74) is 5.18. The zero-order valence-electron chi connectivity index (χ0n) is 23.7. The van der Waals surface area contributed by atoms with Crippen LogP contribution >= 0.6 is 23.2 Å². The van der Waals surface area contributed by atoms with Crippen LogP contribution in [0.2, 0.25) is 10.0 Å². The van der Waals surface area contributed by atoms with E-state index in [0.29, 0.717) is 52.4 Å². The van der Waals surface area contributed by atoms with E-state index in [4.69, 9.17) is 32.7 Å². The van der Waals surface area contributed by atoms with E-state index in [2.05, 4.69) is 0 Å². The highest BCUT2D eigenvalue weighted by atomic mass is 35.5. The molecule has 0 radical (unpaired) electrons. The number of hydrogen-bond donors (Lipinski definition) is 1. The molecule has 0 fully saturated rings. The Morgan fingerprint density at radius 1 is 1.00 bits per heavy atom. The predicted octanol–water partition coefficient (Wildman–Crippen LogP) is 7.24. The summed E-state index contributed by atoms with van der Waals surface area (Å²) < 4.78 is 12.2. The highest BCUT2D eigenvalue weighted by molar-refractivity contribution is 6.42. The lowest BCUT2D eigenvalue weighted by atomic mass is 9.90. The van der Waals surface area contributed by atoms with Crippen molar-refractivity contribution >= 4 is 40.8 Å². The van der Waals surface area contributed by atoms with Gasteiger partial charge in [0.25, 0.3) is 5.91 Å². The molecule has 43 heavy (non-hydrogen) atoms. The Labute approximate surface area is 260 Å². The van der Waals surface area contributed by atoms with Crippen LogP contribution in [0.1, 0.15) is 46.9 Å². The summed E-state index contributed by atoms with van der Waals surface area (Å²) in [5.74, 6) is 0.159. The molecule has 1 amide bonds. The van der Waals surface area contributed by atoms with Gasteiger partial charge in [0, 0.05) is 25.2 Å². The maximum atomic E-state index is 13.4. The van der Waals surface area contributed by atoms with Gasteiger partial charge in [-0.25, -0.2) is 0 Å². The van der Waals surface area contributed by atoms with Crippen molar-refractivity contribution in [3.05, 3.63) is 123 Å². The number of fused-ring (bicyclic) bond motifs is 2. The molecule has 220 valence electrons. The van der Waals surface area contributed by atoms with Gasteiger partial charge >= 0.3 is 5.97 Å². The van der Waals surface area contributed by atoms with Gasteiger partial charge in [-0.05, 0) is 72.0 Å². The van der Waals surface area contributed by atoms with E-state index < -0.39 is 18.1 Å². The van der Waals surface area contributed by atoms with Gasteiger partial charge in [0.15, 0.2) is 0 Å². The molecule has 0 spiro atoms. The number of halogens is 2. The van der Waals surface area contributed by atoms with Gasteiger partial charge in [0.2, 0.25) is 6.10 Å². The molecule has 0 bridgehead atoms. The van der Waals surface area contributed by atoms with Crippen LogP contribution in [0.4, 0.5) is 5.69 Å². The Bertz CT molecular complexity index is 1680. The molecule has 0 saturated carbocycles. The lowest BCUT2D eigenvalue weighted by Gasteiger charge is -2.40. The summed E-state index contributed by atoms with van der Waals surface area (Å²) >= 11 is 12.1. The number of amides is 1. The van der Waals surface area contributed by atoms with Crippen molar-refractivity contribution in [2.45, 2.75) is 44.7 Å². The number of benzene rings is 4. The number of ether oxygens (including phenoxy) is 2. The van der Waals surface area contributed by atoms with E-state index in [1.54, 1.807) is 36.2 Å². The van der Waals surface area contributed by atoms with Gasteiger partial charge in [-0.15, -0.1) is 0 Å². The maximum Gasteiger partial charge on any atom is 0.321 e. The van der Waals surface area contributed by atoms with Gasteiger partial charge in [0.1, 0.15) is 24.1 Å². The van der Waals surface area contributed by atoms with E-state index >= 15 is 0 Å². The molecule has 0 saturated heterocycles. The predicted molar refractivity (Wildman–Crippen MR) is 166 cm³/mol. The molecule has 9 heteroatoms. The number of likely N-dealkylation sites (N-methyl/N-ethyl adjacent to an activating group) is 1. The summed E-state index contributed by atoms with van der Waals surface area (Å²) in [7, 11) is 1.72. The number of carboxylic acid groups (broad SMARTS) is 1. The van der Waals surface area contributed by atoms with Crippen LogP contribution in [0.3, 0.4) is 0 Å². The Morgan fingerprint density at radius 2 is 1.74 bits per heavy atom. The summed E-state index contributed by atoms with van der Waals surface area (Å²) in [4.78, 5) is 29.4. The quantitative estimate of drug-likeness (QED) is 0.236. The second-order valence-corrected chi connectivity index (χ2v) is 11.7. The van der Waals surface area contributed by atoms with Gasteiger partial charge in [0.05, 0.1) is 15.7 Å². The van der Waals surface area contributed by atoms with Crippen molar-refractivity contribution in [1.29, 1.82) is 0 Å². The van der Waals surface area contributed by atoms with Crippen LogP contribution in [0.25, 0.3) is 0 Å². The molecule has 7 nitrogen and oxygen atoms in total. The first kappa shape index (κ1) is 29.1. The number of carbonyl (C=O) groups is 2. The van der Waals surface area contributed by atoms with E-state index in [0.717, 1.165) is 22.3 Å². The third-order valence-electron chi connectivity index (χ3n) is 8.25. The molecular formula is C34H30Cl2N2O5. The third-order valence-corrected chi connectivity index (χ3v) is 8.98. The van der Waals surface area contributed by atoms with Crippen LogP contribution in [-0.4, -0.2) is 35.0 Å². The van der Waals surface area contributed by atoms with Crippen LogP contribution < -0.4 is 14.4 Å². The fraction of sp³-hybridized carbons (Fsp3) is 0.235. The Kier molecular flexibility index (Phi) is 8.05. The molecule has 2 aliphatic heterocycles. The summed E-state index contributed by atoms with van der Waals surface area (Å²) in [6.45, 7) is 2.80. The van der Waals surface area contributed by atoms with E-state index in [1.165, 1.54) is 0 Å². The fourth-order valence-corrected chi connectivity index (χ4v) is 6.08. The van der Waals surface area contributed by atoms with Crippen LogP contribution in [0.15, 0.2) is 84.9 Å². The van der Waals surface area contributed by atoms with Gasteiger partial charge in [-0.1, -0.05) is 71.7 Å². The molecule has 0 aliphatic carbocycles. The lowest BCUT2D eigenvalue weighted by molar-refractivity contribution is -0.145. The van der Waals surface area contributed by atoms with E-state index in [1.807, 2.05) is 72.5 Å². The van der Waals surface area contributed by atoms with Crippen LogP contribution in [-0.2, 0) is 29.2 Å². The molecule has 6 rings (SSSR count). The summed E-state index contributed by atoms with van der Waals surface area (Å²) in [5, 5.41) is 11.1. The zero-order chi connectivity index (χ0) is 30.2. The van der Waals surface area contributed by atoms with Gasteiger partial charge in [-0.3, -0.25) is 14.5 Å². The van der Waals surface area contributed by atoms with E-state index in [9.17, 15) is 14.7 Å². The average molecular weight is 618 g/mol. The van der Waals surface area contributed by atoms with Crippen molar-refractivity contribution < 1.29 is 24.2 Å². The van der Waals surface area contributed by atoms with Gasteiger partial charge < -0.3 is 19.5 Å². The average Bonchev–Trinajstić information content (AvgIpc) is 3.02. The summed E-state index contributed by atoms with van der Waals surface area (Å²) in [6, 6.07) is 25.6. The SMILES string of the molecule is CC(c1ccccc1)N1Cc2cc3c(cc2CC1C(=O)O)N(C)C(=O)[C@H](c1ccc(OCc2ccc(Cl)c(Cl)c2)cc1)O3. The second-order valence-electron chi connectivity index (χ2n) is 10.9. The van der Waals surface area contributed by atoms with Crippen molar-refractivity contribution in [1.82, 2.24) is 4.90 Å². The number of nitrogens with zero attached hydrogens (tertiary/aromatic N) is 2. The smallest absolute Gasteiger partial charge is 0.321 e. The maximum absolute atomic E-state index is 13.4. The largest absolute Gasteiger partial charge is 0.489 e. The monoisotopic (exact) mass is 616 g/mol. The molecule has 4 aromatic carbocycles. The van der Waals surface area contributed by atoms with Gasteiger partial charge in [-0.2, -0.15) is 0 Å². The standard InChI is InChI=1S/C34H30Cl2N2O5/c1-20(22-6-4-3-5-7-22)38-18-25-17-31-29(15-24(25)16-30(38)34(40)41)37(2)33(39)32(43-31)23-9-11-26(12-10-23)42-19-21-8-13-27(35)28(36)14-21/h3-15,17,20,30,32H,16,18-19H2,1-2H3,(H,40,41)/t20?,30?,32-/m0/s1. The second kappa shape index (κ2) is 11.9. The fourth-order valence-electron chi connectivity index (χ4n) is 5.76. The van der Waals surface area contributed by atoms with Crippen molar-refractivity contribution in [3.63, 3.8) is 0 Å². The molecule has 0 aromatic heterocycles.